The summed E-state index contributed by atoms with van der Waals surface area (Å²) in [5.74, 6) is 0. The number of unbranched alkanes of at least 4 members (excludes halogenated alkanes) is 3. The first-order valence-corrected chi connectivity index (χ1v) is 7.16. The standard InChI is InChI=1S/C15H20S/c1-3-4-5-6-7-13-10-12(2)15-14(11-13)8-9-16-15/h8-11H,3-7H2,1-2H3. The van der Waals surface area contributed by atoms with Gasteiger partial charge in [-0.05, 0) is 47.7 Å². The first-order chi connectivity index (χ1) is 7.81. The Balaban J connectivity index is 2.06. The fourth-order valence-corrected chi connectivity index (χ4v) is 3.10. The monoisotopic (exact) mass is 232 g/mol. The predicted molar refractivity (Wildman–Crippen MR) is 74.4 cm³/mol. The molecule has 1 heteroatoms. The van der Waals surface area contributed by atoms with Crippen LogP contribution in [-0.2, 0) is 6.42 Å². The lowest BCUT2D eigenvalue weighted by Gasteiger charge is -2.04. The van der Waals surface area contributed by atoms with Gasteiger partial charge in [0.1, 0.15) is 0 Å². The average molecular weight is 232 g/mol. The lowest BCUT2D eigenvalue weighted by Crippen LogP contribution is -1.87. The number of aryl methyl sites for hydroxylation is 2. The SMILES string of the molecule is CCCCCCc1cc(C)c2sccc2c1. The molecule has 0 atom stereocenters. The van der Waals surface area contributed by atoms with Gasteiger partial charge in [0, 0.05) is 4.70 Å². The Labute approximate surface area is 102 Å². The Morgan fingerprint density at radius 2 is 2.00 bits per heavy atom. The molecule has 0 amide bonds. The highest BCUT2D eigenvalue weighted by molar-refractivity contribution is 7.17. The summed E-state index contributed by atoms with van der Waals surface area (Å²) in [7, 11) is 0. The van der Waals surface area contributed by atoms with Gasteiger partial charge in [0.25, 0.3) is 0 Å². The van der Waals surface area contributed by atoms with Gasteiger partial charge < -0.3 is 0 Å². The Kier molecular flexibility index (Phi) is 4.00. The third-order valence-corrected chi connectivity index (χ3v) is 4.18. The van der Waals surface area contributed by atoms with Gasteiger partial charge in [-0.3, -0.25) is 0 Å². The molecule has 0 spiro atoms. The zero-order valence-electron chi connectivity index (χ0n) is 10.3. The van der Waals surface area contributed by atoms with Gasteiger partial charge in [0.15, 0.2) is 0 Å². The van der Waals surface area contributed by atoms with Crippen molar-refractivity contribution in [1.82, 2.24) is 0 Å². The topological polar surface area (TPSA) is 0 Å². The van der Waals surface area contributed by atoms with Crippen molar-refractivity contribution < 1.29 is 0 Å². The average Bonchev–Trinajstić information content (AvgIpc) is 2.73. The molecular formula is C15H20S. The van der Waals surface area contributed by atoms with Crippen LogP contribution in [-0.4, -0.2) is 0 Å². The molecule has 1 aromatic heterocycles. The Hall–Kier alpha value is -0.820. The molecule has 16 heavy (non-hydrogen) atoms. The van der Waals surface area contributed by atoms with Crippen LogP contribution >= 0.6 is 11.3 Å². The van der Waals surface area contributed by atoms with Crippen LogP contribution < -0.4 is 0 Å². The van der Waals surface area contributed by atoms with Crippen molar-refractivity contribution >= 4 is 21.4 Å². The fraction of sp³-hybridized carbons (Fsp3) is 0.467. The van der Waals surface area contributed by atoms with E-state index in [-0.39, 0.29) is 0 Å². The normalized spacial score (nSPS) is 11.1. The summed E-state index contributed by atoms with van der Waals surface area (Å²) in [5.41, 5.74) is 2.96. The first-order valence-electron chi connectivity index (χ1n) is 6.28. The molecule has 2 rings (SSSR count). The van der Waals surface area contributed by atoms with Crippen LogP contribution in [0.4, 0.5) is 0 Å². The third-order valence-electron chi connectivity index (χ3n) is 3.12. The molecule has 0 bridgehead atoms. The van der Waals surface area contributed by atoms with Crippen molar-refractivity contribution in [2.45, 2.75) is 46.0 Å². The molecule has 0 unspecified atom stereocenters. The molecular weight excluding hydrogens is 212 g/mol. The van der Waals surface area contributed by atoms with Crippen LogP contribution in [0.5, 0.6) is 0 Å². The van der Waals surface area contributed by atoms with Crippen molar-refractivity contribution in [3.05, 3.63) is 34.7 Å². The number of fused-ring (bicyclic) bond motifs is 1. The van der Waals surface area contributed by atoms with E-state index in [1.54, 1.807) is 0 Å². The van der Waals surface area contributed by atoms with Crippen LogP contribution in [0.25, 0.3) is 10.1 Å². The molecule has 0 N–H and O–H groups in total. The summed E-state index contributed by atoms with van der Waals surface area (Å²) >= 11 is 1.85. The van der Waals surface area contributed by atoms with Crippen molar-refractivity contribution in [2.75, 3.05) is 0 Å². The second kappa shape index (κ2) is 5.49. The molecule has 0 saturated heterocycles. The van der Waals surface area contributed by atoms with E-state index in [2.05, 4.69) is 37.4 Å². The quantitative estimate of drug-likeness (QED) is 0.611. The molecule has 1 heterocycles. The zero-order chi connectivity index (χ0) is 11.4. The van der Waals surface area contributed by atoms with Crippen LogP contribution in [0.2, 0.25) is 0 Å². The van der Waals surface area contributed by atoms with E-state index in [9.17, 15) is 0 Å². The first kappa shape index (κ1) is 11.7. The Morgan fingerprint density at radius 3 is 2.81 bits per heavy atom. The Morgan fingerprint density at radius 1 is 1.12 bits per heavy atom. The molecule has 0 aliphatic heterocycles. The number of hydrogen-bond donors (Lipinski definition) is 0. The molecule has 0 aliphatic rings. The maximum atomic E-state index is 2.37. The van der Waals surface area contributed by atoms with Crippen molar-refractivity contribution in [1.29, 1.82) is 0 Å². The zero-order valence-corrected chi connectivity index (χ0v) is 11.1. The van der Waals surface area contributed by atoms with Gasteiger partial charge in [-0.1, -0.05) is 38.3 Å². The molecule has 0 saturated carbocycles. The highest BCUT2D eigenvalue weighted by atomic mass is 32.1. The second-order valence-electron chi connectivity index (χ2n) is 4.56. The highest BCUT2D eigenvalue weighted by Gasteiger charge is 2.02. The van der Waals surface area contributed by atoms with Gasteiger partial charge in [0.05, 0.1) is 0 Å². The van der Waals surface area contributed by atoms with E-state index in [1.807, 2.05) is 11.3 Å². The maximum Gasteiger partial charge on any atom is 0.0372 e. The summed E-state index contributed by atoms with van der Waals surface area (Å²) in [6, 6.07) is 6.97. The van der Waals surface area contributed by atoms with Gasteiger partial charge in [-0.2, -0.15) is 0 Å². The number of benzene rings is 1. The van der Waals surface area contributed by atoms with E-state index < -0.39 is 0 Å². The number of rotatable bonds is 5. The van der Waals surface area contributed by atoms with E-state index in [0.29, 0.717) is 0 Å². The minimum absolute atomic E-state index is 1.24. The molecule has 0 aliphatic carbocycles. The summed E-state index contributed by atoms with van der Waals surface area (Å²) in [5, 5.41) is 3.62. The molecule has 0 nitrogen and oxygen atoms in total. The summed E-state index contributed by atoms with van der Waals surface area (Å²) in [6.07, 6.45) is 6.65. The number of thiophene rings is 1. The predicted octanol–water partition coefficient (Wildman–Crippen LogP) is 5.33. The van der Waals surface area contributed by atoms with Crippen molar-refractivity contribution in [2.24, 2.45) is 0 Å². The van der Waals surface area contributed by atoms with Gasteiger partial charge >= 0.3 is 0 Å². The van der Waals surface area contributed by atoms with E-state index in [4.69, 9.17) is 0 Å². The fourth-order valence-electron chi connectivity index (χ4n) is 2.24. The minimum atomic E-state index is 1.24. The van der Waals surface area contributed by atoms with Gasteiger partial charge in [-0.15, -0.1) is 11.3 Å². The lowest BCUT2D eigenvalue weighted by molar-refractivity contribution is 0.667. The van der Waals surface area contributed by atoms with Crippen LogP contribution in [0.3, 0.4) is 0 Å². The molecule has 86 valence electrons. The van der Waals surface area contributed by atoms with Crippen LogP contribution in [0, 0.1) is 6.92 Å². The van der Waals surface area contributed by atoms with Gasteiger partial charge in [0.2, 0.25) is 0 Å². The van der Waals surface area contributed by atoms with Gasteiger partial charge in [-0.25, -0.2) is 0 Å². The maximum absolute atomic E-state index is 2.37. The molecule has 2 aromatic rings. The van der Waals surface area contributed by atoms with Crippen LogP contribution in [0.15, 0.2) is 23.6 Å². The summed E-state index contributed by atoms with van der Waals surface area (Å²) in [6.45, 7) is 4.50. The van der Waals surface area contributed by atoms with E-state index in [1.165, 1.54) is 53.3 Å². The van der Waals surface area contributed by atoms with Crippen molar-refractivity contribution in [3.8, 4) is 0 Å². The third kappa shape index (κ3) is 2.65. The molecule has 0 fully saturated rings. The lowest BCUT2D eigenvalue weighted by atomic mass is 10.0. The van der Waals surface area contributed by atoms with Crippen molar-refractivity contribution in [3.63, 3.8) is 0 Å². The summed E-state index contributed by atoms with van der Waals surface area (Å²) < 4.78 is 1.46. The Bertz CT molecular complexity index is 453. The highest BCUT2D eigenvalue weighted by Crippen LogP contribution is 2.26. The smallest absolute Gasteiger partial charge is 0.0372 e. The molecule has 1 aromatic carbocycles. The minimum Gasteiger partial charge on any atom is -0.144 e. The van der Waals surface area contributed by atoms with E-state index >= 15 is 0 Å². The number of hydrogen-bond acceptors (Lipinski definition) is 1. The molecule has 0 radical (unpaired) electrons. The van der Waals surface area contributed by atoms with E-state index in [0.717, 1.165) is 0 Å². The second-order valence-corrected chi connectivity index (χ2v) is 5.48. The largest absolute Gasteiger partial charge is 0.144 e. The summed E-state index contributed by atoms with van der Waals surface area (Å²) in [4.78, 5) is 0. The van der Waals surface area contributed by atoms with Crippen LogP contribution in [0.1, 0.15) is 43.7 Å².